The molecule has 1 aromatic carbocycles. The van der Waals surface area contributed by atoms with Gasteiger partial charge in [-0.25, -0.2) is 0 Å². The number of hydrogen-bond acceptors (Lipinski definition) is 5. The summed E-state index contributed by atoms with van der Waals surface area (Å²) in [6.45, 7) is -2.28. The normalized spacial score (nSPS) is 14.4. The van der Waals surface area contributed by atoms with Crippen molar-refractivity contribution < 1.29 is 18.3 Å². The minimum Gasteiger partial charge on any atom is -0.493 e. The molecule has 0 N–H and O–H groups in total. The first-order valence-electron chi connectivity index (χ1n) is 8.40. The molecule has 142 valence electrons. The van der Waals surface area contributed by atoms with E-state index in [4.69, 9.17) is 16.3 Å². The van der Waals surface area contributed by atoms with Crippen LogP contribution in [0.4, 0.5) is 8.78 Å². The number of alkyl halides is 2. The van der Waals surface area contributed by atoms with Crippen molar-refractivity contribution in [2.75, 3.05) is 7.11 Å². The van der Waals surface area contributed by atoms with Gasteiger partial charge in [-0.15, -0.1) is 10.2 Å². The van der Waals surface area contributed by atoms with Gasteiger partial charge in [-0.05, 0) is 36.6 Å². The van der Waals surface area contributed by atoms with Crippen molar-refractivity contribution in [2.24, 2.45) is 0 Å². The molecule has 9 heteroatoms. The number of ether oxygens (including phenoxy) is 2. The summed E-state index contributed by atoms with van der Waals surface area (Å²) in [6, 6.07) is 5.03. The number of aryl methyl sites for hydroxylation is 1. The van der Waals surface area contributed by atoms with Gasteiger partial charge >= 0.3 is 6.61 Å². The van der Waals surface area contributed by atoms with Crippen molar-refractivity contribution in [1.29, 1.82) is 5.26 Å². The molecule has 0 aliphatic carbocycles. The van der Waals surface area contributed by atoms with Crippen LogP contribution in [0.3, 0.4) is 0 Å². The fourth-order valence-electron chi connectivity index (χ4n) is 3.02. The number of aromatic nitrogens is 3. The van der Waals surface area contributed by atoms with Crippen LogP contribution in [0.15, 0.2) is 12.1 Å². The first kappa shape index (κ1) is 19.1. The lowest BCUT2D eigenvalue weighted by molar-refractivity contribution is -0.0511. The third kappa shape index (κ3) is 4.19. The number of fused-ring (bicyclic) bond motifs is 1. The number of halogens is 3. The van der Waals surface area contributed by atoms with Crippen LogP contribution in [-0.4, -0.2) is 28.5 Å². The molecule has 0 spiro atoms. The van der Waals surface area contributed by atoms with Gasteiger partial charge in [-0.3, -0.25) is 0 Å². The van der Waals surface area contributed by atoms with E-state index in [1.54, 1.807) is 6.08 Å². The SMILES string of the molecule is COc1cc(/C=C(\C#N)c2nnc3n2CCCCC3)cc(Cl)c1OC(F)F. The number of methoxy groups -OCH3 is 1. The smallest absolute Gasteiger partial charge is 0.387 e. The van der Waals surface area contributed by atoms with Crippen molar-refractivity contribution in [3.8, 4) is 17.6 Å². The molecule has 2 heterocycles. The van der Waals surface area contributed by atoms with Crippen LogP contribution in [0.2, 0.25) is 5.02 Å². The second-order valence-electron chi connectivity index (χ2n) is 5.98. The average molecular weight is 395 g/mol. The van der Waals surface area contributed by atoms with Gasteiger partial charge in [0.15, 0.2) is 17.3 Å². The van der Waals surface area contributed by atoms with Gasteiger partial charge in [0.2, 0.25) is 0 Å². The monoisotopic (exact) mass is 394 g/mol. The third-order valence-corrected chi connectivity index (χ3v) is 4.52. The Morgan fingerprint density at radius 2 is 2.15 bits per heavy atom. The van der Waals surface area contributed by atoms with Crippen molar-refractivity contribution in [1.82, 2.24) is 14.8 Å². The van der Waals surface area contributed by atoms with E-state index in [1.165, 1.54) is 19.2 Å². The van der Waals surface area contributed by atoms with Crippen LogP contribution >= 0.6 is 11.6 Å². The molecule has 27 heavy (non-hydrogen) atoms. The molecule has 0 radical (unpaired) electrons. The van der Waals surface area contributed by atoms with Crippen LogP contribution in [0.25, 0.3) is 11.6 Å². The molecular weight excluding hydrogens is 378 g/mol. The Balaban J connectivity index is 2.01. The number of allylic oxidation sites excluding steroid dienone is 1. The molecule has 0 saturated heterocycles. The van der Waals surface area contributed by atoms with Gasteiger partial charge in [0, 0.05) is 13.0 Å². The zero-order valence-corrected chi connectivity index (χ0v) is 15.3. The van der Waals surface area contributed by atoms with E-state index in [1.807, 2.05) is 4.57 Å². The molecule has 0 atom stereocenters. The molecule has 1 aliphatic rings. The highest BCUT2D eigenvalue weighted by atomic mass is 35.5. The first-order chi connectivity index (χ1) is 13.0. The second kappa shape index (κ2) is 8.35. The van der Waals surface area contributed by atoms with Crippen LogP contribution in [0, 0.1) is 11.3 Å². The summed E-state index contributed by atoms with van der Waals surface area (Å²) in [5.74, 6) is 1.14. The Morgan fingerprint density at radius 3 is 2.85 bits per heavy atom. The number of rotatable bonds is 5. The Morgan fingerprint density at radius 1 is 1.33 bits per heavy atom. The van der Waals surface area contributed by atoms with Gasteiger partial charge in [-0.1, -0.05) is 18.0 Å². The summed E-state index contributed by atoms with van der Waals surface area (Å²) in [7, 11) is 1.32. The first-order valence-corrected chi connectivity index (χ1v) is 8.78. The zero-order valence-electron chi connectivity index (χ0n) is 14.6. The maximum absolute atomic E-state index is 12.6. The third-order valence-electron chi connectivity index (χ3n) is 4.24. The van der Waals surface area contributed by atoms with Gasteiger partial charge in [0.25, 0.3) is 0 Å². The predicted molar refractivity (Wildman–Crippen MR) is 95.7 cm³/mol. The van der Waals surface area contributed by atoms with E-state index in [-0.39, 0.29) is 16.5 Å². The standard InChI is InChI=1S/C18H17ClF2N4O2/c1-26-14-9-11(8-13(19)16(14)27-18(20)21)7-12(10-22)17-24-23-15-5-3-2-4-6-25(15)17/h7-9,18H,2-6H2,1H3/b12-7+. The summed E-state index contributed by atoms with van der Waals surface area (Å²) in [4.78, 5) is 0. The topological polar surface area (TPSA) is 73.0 Å². The lowest BCUT2D eigenvalue weighted by Gasteiger charge is -2.12. The molecule has 0 saturated carbocycles. The summed E-state index contributed by atoms with van der Waals surface area (Å²) in [5, 5.41) is 17.9. The molecule has 3 rings (SSSR count). The Kier molecular flexibility index (Phi) is 5.91. The Bertz CT molecular complexity index is 905. The van der Waals surface area contributed by atoms with E-state index in [9.17, 15) is 14.0 Å². The number of hydrogen-bond donors (Lipinski definition) is 0. The lowest BCUT2D eigenvalue weighted by atomic mass is 10.1. The lowest BCUT2D eigenvalue weighted by Crippen LogP contribution is -2.05. The van der Waals surface area contributed by atoms with E-state index >= 15 is 0 Å². The van der Waals surface area contributed by atoms with E-state index in [0.29, 0.717) is 17.0 Å². The molecule has 0 unspecified atom stereocenters. The van der Waals surface area contributed by atoms with Crippen LogP contribution in [0.5, 0.6) is 11.5 Å². The zero-order chi connectivity index (χ0) is 19.4. The number of nitriles is 1. The maximum atomic E-state index is 12.6. The molecular formula is C18H17ClF2N4O2. The summed E-state index contributed by atoms with van der Waals surface area (Å²) in [5.41, 5.74) is 0.803. The van der Waals surface area contributed by atoms with Crippen molar-refractivity contribution in [3.63, 3.8) is 0 Å². The van der Waals surface area contributed by atoms with E-state index in [2.05, 4.69) is 21.0 Å². The highest BCUT2D eigenvalue weighted by Crippen LogP contribution is 2.38. The van der Waals surface area contributed by atoms with E-state index < -0.39 is 6.61 Å². The van der Waals surface area contributed by atoms with Crippen LogP contribution < -0.4 is 9.47 Å². The highest BCUT2D eigenvalue weighted by Gasteiger charge is 2.19. The van der Waals surface area contributed by atoms with Crippen molar-refractivity contribution >= 4 is 23.3 Å². The van der Waals surface area contributed by atoms with Gasteiger partial charge < -0.3 is 14.0 Å². The Labute approximate surface area is 160 Å². The second-order valence-corrected chi connectivity index (χ2v) is 6.39. The Hall–Kier alpha value is -2.66. The molecule has 0 bridgehead atoms. The van der Waals surface area contributed by atoms with Crippen molar-refractivity contribution in [2.45, 2.75) is 38.8 Å². The van der Waals surface area contributed by atoms with Gasteiger partial charge in [0.05, 0.1) is 17.7 Å². The predicted octanol–water partition coefficient (Wildman–Crippen LogP) is 4.33. The van der Waals surface area contributed by atoms with Crippen LogP contribution in [0.1, 0.15) is 36.5 Å². The minimum atomic E-state index is -3.03. The summed E-state index contributed by atoms with van der Waals surface area (Å²) < 4.78 is 36.6. The number of nitrogens with zero attached hydrogens (tertiary/aromatic N) is 4. The maximum Gasteiger partial charge on any atom is 0.387 e. The highest BCUT2D eigenvalue weighted by molar-refractivity contribution is 6.32. The minimum absolute atomic E-state index is 0.0433. The fourth-order valence-corrected chi connectivity index (χ4v) is 3.29. The molecule has 2 aromatic rings. The van der Waals surface area contributed by atoms with Gasteiger partial charge in [0.1, 0.15) is 11.9 Å². The summed E-state index contributed by atoms with van der Waals surface area (Å²) in [6.07, 6.45) is 5.54. The molecule has 0 amide bonds. The van der Waals surface area contributed by atoms with Crippen LogP contribution in [-0.2, 0) is 13.0 Å². The average Bonchev–Trinajstić information content (AvgIpc) is 2.89. The largest absolute Gasteiger partial charge is 0.493 e. The molecule has 6 nitrogen and oxygen atoms in total. The van der Waals surface area contributed by atoms with Gasteiger partial charge in [-0.2, -0.15) is 14.0 Å². The summed E-state index contributed by atoms with van der Waals surface area (Å²) >= 11 is 6.06. The quantitative estimate of drug-likeness (QED) is 0.705. The molecule has 0 fully saturated rings. The molecule has 1 aromatic heterocycles. The van der Waals surface area contributed by atoms with Crippen molar-refractivity contribution in [3.05, 3.63) is 34.4 Å². The van der Waals surface area contributed by atoms with E-state index in [0.717, 1.165) is 38.1 Å². The number of benzene rings is 1. The fraction of sp³-hybridized carbons (Fsp3) is 0.389. The molecule has 1 aliphatic heterocycles.